The molecule has 5 heteroatoms. The zero-order chi connectivity index (χ0) is 13.7. The van der Waals surface area contributed by atoms with Gasteiger partial charge in [-0.3, -0.25) is 5.32 Å². The second kappa shape index (κ2) is 6.24. The van der Waals surface area contributed by atoms with Crippen LogP contribution in [0.4, 0.5) is 21.9 Å². The van der Waals surface area contributed by atoms with Crippen LogP contribution < -0.4 is 10.6 Å². The van der Waals surface area contributed by atoms with Gasteiger partial charge in [-0.2, -0.15) is 0 Å². The number of amides is 1. The zero-order valence-corrected chi connectivity index (χ0v) is 11.9. The first-order chi connectivity index (χ1) is 9.17. The van der Waals surface area contributed by atoms with E-state index in [4.69, 9.17) is 0 Å². The Balaban J connectivity index is 2.02. The number of carbonyl (C=O) groups is 1. The lowest BCUT2D eigenvalue weighted by molar-refractivity contribution is 0.187. The topological polar surface area (TPSA) is 50.4 Å². The number of benzene rings is 2. The number of ether oxygens (including phenoxy) is 1. The lowest BCUT2D eigenvalue weighted by atomic mass is 10.2. The van der Waals surface area contributed by atoms with Gasteiger partial charge in [0.15, 0.2) is 0 Å². The number of carbonyl (C=O) groups excluding carboxylic acids is 1. The normalized spacial score (nSPS) is 9.79. The first-order valence-corrected chi connectivity index (χ1v) is 6.44. The van der Waals surface area contributed by atoms with Crippen molar-refractivity contribution in [2.45, 2.75) is 0 Å². The third-order valence-electron chi connectivity index (χ3n) is 2.45. The molecule has 0 heterocycles. The van der Waals surface area contributed by atoms with Crippen molar-refractivity contribution >= 4 is 39.1 Å². The fourth-order valence-corrected chi connectivity index (χ4v) is 1.77. The molecule has 0 radical (unpaired) electrons. The van der Waals surface area contributed by atoms with Crippen LogP contribution in [0.25, 0.3) is 0 Å². The average Bonchev–Trinajstić information content (AvgIpc) is 2.43. The molecule has 0 saturated carbocycles. The molecule has 2 aromatic carbocycles. The smallest absolute Gasteiger partial charge is 0.411 e. The molecule has 0 aliphatic rings. The first-order valence-electron chi connectivity index (χ1n) is 5.65. The van der Waals surface area contributed by atoms with Crippen LogP contribution in [0.5, 0.6) is 0 Å². The molecule has 4 nitrogen and oxygen atoms in total. The lowest BCUT2D eigenvalue weighted by Gasteiger charge is -2.08. The zero-order valence-electron chi connectivity index (χ0n) is 10.3. The van der Waals surface area contributed by atoms with Gasteiger partial charge in [0.25, 0.3) is 0 Å². The van der Waals surface area contributed by atoms with Crippen LogP contribution in [0.2, 0.25) is 0 Å². The number of nitrogens with one attached hydrogen (secondary N) is 2. The monoisotopic (exact) mass is 320 g/mol. The Morgan fingerprint density at radius 1 is 0.947 bits per heavy atom. The Labute approximate surface area is 119 Å². The molecule has 2 aromatic rings. The third-order valence-corrected chi connectivity index (χ3v) is 2.98. The molecule has 19 heavy (non-hydrogen) atoms. The van der Waals surface area contributed by atoms with Gasteiger partial charge in [0.1, 0.15) is 0 Å². The van der Waals surface area contributed by atoms with Crippen LogP contribution in [0, 0.1) is 0 Å². The van der Waals surface area contributed by atoms with E-state index >= 15 is 0 Å². The molecule has 98 valence electrons. The fourth-order valence-electron chi connectivity index (χ4n) is 1.51. The van der Waals surface area contributed by atoms with Gasteiger partial charge in [-0.15, -0.1) is 0 Å². The second-order valence-corrected chi connectivity index (χ2v) is 4.74. The SMILES string of the molecule is COC(=O)Nc1ccc(Nc2ccc(Br)cc2)cc1. The molecule has 0 saturated heterocycles. The molecule has 0 aliphatic carbocycles. The molecule has 0 unspecified atom stereocenters. The van der Waals surface area contributed by atoms with Gasteiger partial charge >= 0.3 is 6.09 Å². The Bertz CT molecular complexity index is 553. The summed E-state index contributed by atoms with van der Waals surface area (Å²) in [5.74, 6) is 0. The minimum atomic E-state index is -0.478. The fraction of sp³-hybridized carbons (Fsp3) is 0.0714. The van der Waals surface area contributed by atoms with Crippen LogP contribution in [-0.2, 0) is 4.74 Å². The van der Waals surface area contributed by atoms with Crippen LogP contribution >= 0.6 is 15.9 Å². The lowest BCUT2D eigenvalue weighted by Crippen LogP contribution is -2.10. The summed E-state index contributed by atoms with van der Waals surface area (Å²) < 4.78 is 5.56. The van der Waals surface area contributed by atoms with Crippen molar-refractivity contribution < 1.29 is 9.53 Å². The van der Waals surface area contributed by atoms with E-state index < -0.39 is 6.09 Å². The van der Waals surface area contributed by atoms with E-state index in [1.165, 1.54) is 7.11 Å². The Kier molecular flexibility index (Phi) is 4.41. The minimum absolute atomic E-state index is 0.478. The van der Waals surface area contributed by atoms with E-state index in [0.717, 1.165) is 15.8 Å². The number of hydrogen-bond donors (Lipinski definition) is 2. The van der Waals surface area contributed by atoms with Crippen LogP contribution in [-0.4, -0.2) is 13.2 Å². The molecule has 0 atom stereocenters. The van der Waals surface area contributed by atoms with Gasteiger partial charge in [-0.25, -0.2) is 4.79 Å². The molecule has 2 rings (SSSR count). The molecule has 0 fully saturated rings. The van der Waals surface area contributed by atoms with Crippen molar-refractivity contribution in [1.29, 1.82) is 0 Å². The maximum atomic E-state index is 11.0. The van der Waals surface area contributed by atoms with Crippen molar-refractivity contribution in [3.8, 4) is 0 Å². The number of hydrogen-bond acceptors (Lipinski definition) is 3. The Morgan fingerprint density at radius 3 is 1.95 bits per heavy atom. The molecule has 2 N–H and O–H groups in total. The summed E-state index contributed by atoms with van der Waals surface area (Å²) in [6.07, 6.45) is -0.478. The quantitative estimate of drug-likeness (QED) is 0.882. The highest BCUT2D eigenvalue weighted by atomic mass is 79.9. The highest BCUT2D eigenvalue weighted by molar-refractivity contribution is 9.10. The number of anilines is 3. The molecule has 0 bridgehead atoms. The summed E-state index contributed by atoms with van der Waals surface area (Å²) in [4.78, 5) is 11.0. The molecular weight excluding hydrogens is 308 g/mol. The molecule has 1 amide bonds. The summed E-state index contributed by atoms with van der Waals surface area (Å²) in [7, 11) is 1.33. The van der Waals surface area contributed by atoms with E-state index in [1.54, 1.807) is 12.1 Å². The molecule has 0 aromatic heterocycles. The van der Waals surface area contributed by atoms with E-state index in [1.807, 2.05) is 36.4 Å². The first kappa shape index (κ1) is 13.4. The maximum absolute atomic E-state index is 11.0. The van der Waals surface area contributed by atoms with E-state index in [9.17, 15) is 4.79 Å². The van der Waals surface area contributed by atoms with Crippen molar-refractivity contribution in [2.24, 2.45) is 0 Å². The summed E-state index contributed by atoms with van der Waals surface area (Å²) in [5, 5.41) is 5.86. The molecule has 0 spiro atoms. The van der Waals surface area contributed by atoms with E-state index in [2.05, 4.69) is 31.3 Å². The summed E-state index contributed by atoms with van der Waals surface area (Å²) in [6.45, 7) is 0. The number of rotatable bonds is 3. The standard InChI is InChI=1S/C14H13BrN2O2/c1-19-14(18)17-13-8-6-12(7-9-13)16-11-4-2-10(15)3-5-11/h2-9,16H,1H3,(H,17,18). The molecular formula is C14H13BrN2O2. The Morgan fingerprint density at radius 2 is 1.42 bits per heavy atom. The predicted octanol–water partition coefficient (Wildman–Crippen LogP) is 4.37. The van der Waals surface area contributed by atoms with Crippen molar-refractivity contribution in [2.75, 3.05) is 17.7 Å². The van der Waals surface area contributed by atoms with Gasteiger partial charge in [0.2, 0.25) is 0 Å². The van der Waals surface area contributed by atoms with Gasteiger partial charge in [-0.1, -0.05) is 15.9 Å². The predicted molar refractivity (Wildman–Crippen MR) is 79.9 cm³/mol. The third kappa shape index (κ3) is 3.99. The van der Waals surface area contributed by atoms with E-state index in [0.29, 0.717) is 5.69 Å². The highest BCUT2D eigenvalue weighted by Crippen LogP contribution is 2.20. The van der Waals surface area contributed by atoms with Gasteiger partial charge in [0.05, 0.1) is 7.11 Å². The number of methoxy groups -OCH3 is 1. The summed E-state index contributed by atoms with van der Waals surface area (Å²) in [6, 6.07) is 15.3. The maximum Gasteiger partial charge on any atom is 0.411 e. The summed E-state index contributed by atoms with van der Waals surface area (Å²) in [5.41, 5.74) is 2.63. The summed E-state index contributed by atoms with van der Waals surface area (Å²) >= 11 is 3.39. The van der Waals surface area contributed by atoms with Crippen molar-refractivity contribution in [3.05, 3.63) is 53.0 Å². The van der Waals surface area contributed by atoms with Crippen LogP contribution in [0.3, 0.4) is 0 Å². The number of halogens is 1. The largest absolute Gasteiger partial charge is 0.453 e. The van der Waals surface area contributed by atoms with Crippen LogP contribution in [0.1, 0.15) is 0 Å². The van der Waals surface area contributed by atoms with Crippen molar-refractivity contribution in [1.82, 2.24) is 0 Å². The molecule has 0 aliphatic heterocycles. The van der Waals surface area contributed by atoms with Crippen LogP contribution in [0.15, 0.2) is 53.0 Å². The van der Waals surface area contributed by atoms with Crippen molar-refractivity contribution in [3.63, 3.8) is 0 Å². The second-order valence-electron chi connectivity index (χ2n) is 3.83. The van der Waals surface area contributed by atoms with Gasteiger partial charge in [0, 0.05) is 21.5 Å². The minimum Gasteiger partial charge on any atom is -0.453 e. The van der Waals surface area contributed by atoms with Gasteiger partial charge < -0.3 is 10.1 Å². The average molecular weight is 321 g/mol. The van der Waals surface area contributed by atoms with E-state index in [-0.39, 0.29) is 0 Å². The highest BCUT2D eigenvalue weighted by Gasteiger charge is 2.00. The Hall–Kier alpha value is -2.01. The van der Waals surface area contributed by atoms with Gasteiger partial charge in [-0.05, 0) is 48.5 Å².